The van der Waals surface area contributed by atoms with Crippen LogP contribution in [0.15, 0.2) is 78.9 Å². The molecule has 0 saturated heterocycles. The zero-order valence-corrected chi connectivity index (χ0v) is 21.3. The van der Waals surface area contributed by atoms with Crippen molar-refractivity contribution in [1.82, 2.24) is 10.2 Å². The molecule has 4 rings (SSSR count). The van der Waals surface area contributed by atoms with E-state index in [0.29, 0.717) is 18.7 Å². The highest BCUT2D eigenvalue weighted by Gasteiger charge is 2.32. The van der Waals surface area contributed by atoms with Crippen LogP contribution in [0.1, 0.15) is 47.9 Å². The largest absolute Gasteiger partial charge is 0.484 e. The van der Waals surface area contributed by atoms with Crippen molar-refractivity contribution in [1.29, 1.82) is 0 Å². The first kappa shape index (κ1) is 25.5. The van der Waals surface area contributed by atoms with Crippen molar-refractivity contribution >= 4 is 11.8 Å². The first-order valence-electron chi connectivity index (χ1n) is 12.9. The lowest BCUT2D eigenvalue weighted by Crippen LogP contribution is -2.53. The molecule has 0 aromatic heterocycles. The summed E-state index contributed by atoms with van der Waals surface area (Å²) in [5.74, 6) is 0.344. The zero-order valence-electron chi connectivity index (χ0n) is 21.3. The summed E-state index contributed by atoms with van der Waals surface area (Å²) in [6, 6.07) is 25.2. The Hall–Kier alpha value is -3.60. The maximum atomic E-state index is 13.7. The van der Waals surface area contributed by atoms with Crippen LogP contribution in [-0.2, 0) is 22.6 Å². The van der Waals surface area contributed by atoms with Crippen molar-refractivity contribution < 1.29 is 14.3 Å². The first-order chi connectivity index (χ1) is 17.5. The van der Waals surface area contributed by atoms with Crippen LogP contribution in [0.4, 0.5) is 0 Å². The van der Waals surface area contributed by atoms with Gasteiger partial charge in [-0.15, -0.1) is 0 Å². The molecule has 36 heavy (non-hydrogen) atoms. The van der Waals surface area contributed by atoms with Gasteiger partial charge in [0.2, 0.25) is 5.91 Å². The van der Waals surface area contributed by atoms with Gasteiger partial charge < -0.3 is 15.0 Å². The predicted octanol–water partition coefficient (Wildman–Crippen LogP) is 5.38. The van der Waals surface area contributed by atoms with E-state index in [2.05, 4.69) is 11.4 Å². The fourth-order valence-electron chi connectivity index (χ4n) is 4.86. The van der Waals surface area contributed by atoms with Crippen molar-refractivity contribution in [2.24, 2.45) is 0 Å². The molecule has 1 aliphatic carbocycles. The Labute approximate surface area is 214 Å². The molecule has 1 atom stereocenters. The minimum Gasteiger partial charge on any atom is -0.484 e. The van der Waals surface area contributed by atoms with Crippen molar-refractivity contribution in [2.45, 2.75) is 64.6 Å². The molecule has 0 radical (unpaired) electrons. The molecule has 5 nitrogen and oxygen atoms in total. The van der Waals surface area contributed by atoms with E-state index in [-0.39, 0.29) is 24.5 Å². The summed E-state index contributed by atoms with van der Waals surface area (Å²) in [6.07, 6.45) is 4.69. The third-order valence-corrected chi connectivity index (χ3v) is 6.76. The first-order valence-corrected chi connectivity index (χ1v) is 12.9. The Bertz CT molecular complexity index is 1160. The van der Waals surface area contributed by atoms with Crippen molar-refractivity contribution in [3.63, 3.8) is 0 Å². The van der Waals surface area contributed by atoms with Gasteiger partial charge in [-0.05, 0) is 55.5 Å². The second-order valence-electron chi connectivity index (χ2n) is 9.81. The molecule has 0 bridgehead atoms. The van der Waals surface area contributed by atoms with Crippen LogP contribution in [0.25, 0.3) is 0 Å². The third kappa shape index (κ3) is 7.20. The molecule has 0 aliphatic heterocycles. The van der Waals surface area contributed by atoms with Crippen molar-refractivity contribution in [3.05, 3.63) is 101 Å². The van der Waals surface area contributed by atoms with Crippen LogP contribution in [0, 0.1) is 13.8 Å². The zero-order chi connectivity index (χ0) is 25.3. The standard InChI is InChI=1S/C31H36N2O3/c1-23-10-8-14-26(18-23)21-33(30(34)22-36-28-17-9-11-24(2)19-28)29(20-25-12-4-3-5-13-25)31(35)32-27-15-6-7-16-27/h3-5,8-14,17-19,27,29H,6-7,15-16,20-22H2,1-2H3,(H,32,35)/t29-/m1/s1. The number of rotatable bonds is 10. The fourth-order valence-corrected chi connectivity index (χ4v) is 4.86. The highest BCUT2D eigenvalue weighted by atomic mass is 16.5. The summed E-state index contributed by atoms with van der Waals surface area (Å²) in [6.45, 7) is 4.23. The maximum absolute atomic E-state index is 13.7. The monoisotopic (exact) mass is 484 g/mol. The molecule has 0 spiro atoms. The average molecular weight is 485 g/mol. The number of benzene rings is 3. The summed E-state index contributed by atoms with van der Waals surface area (Å²) in [5.41, 5.74) is 4.19. The Balaban J connectivity index is 1.61. The van der Waals surface area contributed by atoms with Gasteiger partial charge in [0.15, 0.2) is 6.61 Å². The number of carbonyl (C=O) groups excluding carboxylic acids is 2. The fraction of sp³-hybridized carbons (Fsp3) is 0.355. The quantitative estimate of drug-likeness (QED) is 0.420. The molecule has 1 saturated carbocycles. The lowest BCUT2D eigenvalue weighted by Gasteiger charge is -2.32. The van der Waals surface area contributed by atoms with E-state index in [1.807, 2.05) is 86.6 Å². The van der Waals surface area contributed by atoms with Gasteiger partial charge >= 0.3 is 0 Å². The second kappa shape index (κ2) is 12.4. The van der Waals surface area contributed by atoms with E-state index < -0.39 is 6.04 Å². The lowest BCUT2D eigenvalue weighted by atomic mass is 10.0. The van der Waals surface area contributed by atoms with Crippen LogP contribution >= 0.6 is 0 Å². The molecule has 1 N–H and O–H groups in total. The number of hydrogen-bond donors (Lipinski definition) is 1. The van der Waals surface area contributed by atoms with Crippen LogP contribution in [0.3, 0.4) is 0 Å². The molecule has 5 heteroatoms. The third-order valence-electron chi connectivity index (χ3n) is 6.76. The number of amides is 2. The molecule has 1 fully saturated rings. The van der Waals surface area contributed by atoms with Gasteiger partial charge in [-0.25, -0.2) is 0 Å². The minimum absolute atomic E-state index is 0.0951. The Morgan fingerprint density at radius 3 is 2.25 bits per heavy atom. The Morgan fingerprint density at radius 1 is 0.889 bits per heavy atom. The van der Waals surface area contributed by atoms with Gasteiger partial charge in [-0.1, -0.05) is 85.1 Å². The van der Waals surface area contributed by atoms with Crippen LogP contribution < -0.4 is 10.1 Å². The topological polar surface area (TPSA) is 58.6 Å². The smallest absolute Gasteiger partial charge is 0.261 e. The summed E-state index contributed by atoms with van der Waals surface area (Å²) < 4.78 is 5.88. The summed E-state index contributed by atoms with van der Waals surface area (Å²) in [7, 11) is 0. The number of nitrogens with one attached hydrogen (secondary N) is 1. The summed E-state index contributed by atoms with van der Waals surface area (Å²) >= 11 is 0. The van der Waals surface area contributed by atoms with E-state index in [9.17, 15) is 9.59 Å². The summed E-state index contributed by atoms with van der Waals surface area (Å²) in [5, 5.41) is 3.24. The van der Waals surface area contributed by atoms with E-state index in [0.717, 1.165) is 47.9 Å². The molecule has 0 heterocycles. The van der Waals surface area contributed by atoms with Crippen LogP contribution in [0.5, 0.6) is 5.75 Å². The second-order valence-corrected chi connectivity index (χ2v) is 9.81. The highest BCUT2D eigenvalue weighted by molar-refractivity contribution is 5.88. The average Bonchev–Trinajstić information content (AvgIpc) is 3.38. The number of aryl methyl sites for hydroxylation is 2. The molecule has 188 valence electrons. The van der Waals surface area contributed by atoms with Gasteiger partial charge in [0.25, 0.3) is 5.91 Å². The number of hydrogen-bond acceptors (Lipinski definition) is 3. The van der Waals surface area contributed by atoms with Gasteiger partial charge in [0, 0.05) is 19.0 Å². The Morgan fingerprint density at radius 2 is 1.56 bits per heavy atom. The molecular weight excluding hydrogens is 448 g/mol. The van der Waals surface area contributed by atoms with E-state index in [1.54, 1.807) is 4.90 Å². The van der Waals surface area contributed by atoms with Gasteiger partial charge in [-0.2, -0.15) is 0 Å². The minimum atomic E-state index is -0.637. The van der Waals surface area contributed by atoms with Crippen LogP contribution in [0.2, 0.25) is 0 Å². The molecule has 3 aromatic carbocycles. The Kier molecular flexibility index (Phi) is 8.77. The lowest BCUT2D eigenvalue weighted by molar-refractivity contribution is -0.143. The van der Waals surface area contributed by atoms with E-state index >= 15 is 0 Å². The highest BCUT2D eigenvalue weighted by Crippen LogP contribution is 2.21. The molecule has 3 aromatic rings. The number of carbonyl (C=O) groups is 2. The maximum Gasteiger partial charge on any atom is 0.261 e. The summed E-state index contributed by atoms with van der Waals surface area (Å²) in [4.78, 5) is 29.1. The molecule has 1 aliphatic rings. The van der Waals surface area contributed by atoms with Crippen LogP contribution in [-0.4, -0.2) is 35.4 Å². The van der Waals surface area contributed by atoms with Gasteiger partial charge in [-0.3, -0.25) is 9.59 Å². The van der Waals surface area contributed by atoms with Gasteiger partial charge in [0.05, 0.1) is 0 Å². The number of ether oxygens (including phenoxy) is 1. The van der Waals surface area contributed by atoms with E-state index in [4.69, 9.17) is 4.74 Å². The van der Waals surface area contributed by atoms with Crippen molar-refractivity contribution in [3.8, 4) is 5.75 Å². The normalized spacial score (nSPS) is 14.3. The molecular formula is C31H36N2O3. The van der Waals surface area contributed by atoms with E-state index in [1.165, 1.54) is 0 Å². The SMILES string of the molecule is Cc1cccc(CN(C(=O)COc2cccc(C)c2)[C@H](Cc2ccccc2)C(=O)NC2CCCC2)c1. The van der Waals surface area contributed by atoms with Gasteiger partial charge in [0.1, 0.15) is 11.8 Å². The molecule has 0 unspecified atom stereocenters. The molecule has 2 amide bonds. The van der Waals surface area contributed by atoms with Crippen molar-refractivity contribution in [2.75, 3.05) is 6.61 Å². The predicted molar refractivity (Wildman–Crippen MR) is 143 cm³/mol. The number of nitrogens with zero attached hydrogens (tertiary/aromatic N) is 1.